The van der Waals surface area contributed by atoms with E-state index in [1.54, 1.807) is 0 Å². The number of hydrogen-bond donors (Lipinski definition) is 0. The first-order chi connectivity index (χ1) is 27.2. The Labute approximate surface area is 316 Å². The minimum absolute atomic E-state index is 0.540. The molecular formula is C50H29N5. The lowest BCUT2D eigenvalue weighted by Gasteiger charge is -2.15. The van der Waals surface area contributed by atoms with E-state index < -0.39 is 0 Å². The van der Waals surface area contributed by atoms with E-state index in [0.717, 1.165) is 61.0 Å². The second-order valence-electron chi connectivity index (χ2n) is 14.0. The van der Waals surface area contributed by atoms with E-state index in [2.05, 4.69) is 159 Å². The van der Waals surface area contributed by atoms with Gasteiger partial charge < -0.3 is 13.7 Å². The minimum Gasteiger partial charge on any atom is -0.307 e. The van der Waals surface area contributed by atoms with E-state index >= 15 is 0 Å². The summed E-state index contributed by atoms with van der Waals surface area (Å²) in [6, 6.07) is 66.0. The summed E-state index contributed by atoms with van der Waals surface area (Å²) in [5, 5.41) is 27.4. The van der Waals surface area contributed by atoms with Crippen molar-refractivity contribution in [3.8, 4) is 40.3 Å². The van der Waals surface area contributed by atoms with E-state index in [4.69, 9.17) is 0 Å². The lowest BCUT2D eigenvalue weighted by atomic mass is 10.0. The summed E-state index contributed by atoms with van der Waals surface area (Å²) < 4.78 is 6.87. The second-order valence-corrected chi connectivity index (χ2v) is 14.0. The Morgan fingerprint density at radius 2 is 0.800 bits per heavy atom. The zero-order valence-corrected chi connectivity index (χ0v) is 29.5. The first-order valence-corrected chi connectivity index (χ1v) is 18.3. The number of nitrogens with zero attached hydrogens (tertiary/aromatic N) is 5. The molecule has 11 aromatic rings. The van der Waals surface area contributed by atoms with Gasteiger partial charge in [0.15, 0.2) is 0 Å². The Morgan fingerprint density at radius 1 is 0.327 bits per heavy atom. The van der Waals surface area contributed by atoms with Crippen LogP contribution >= 0.6 is 0 Å². The summed E-state index contributed by atoms with van der Waals surface area (Å²) in [5.74, 6) is 0. The van der Waals surface area contributed by atoms with Crippen LogP contribution in [0, 0.1) is 22.7 Å². The molecule has 55 heavy (non-hydrogen) atoms. The van der Waals surface area contributed by atoms with Crippen LogP contribution in [0.2, 0.25) is 0 Å². The quantitative estimate of drug-likeness (QED) is 0.184. The van der Waals surface area contributed by atoms with Crippen molar-refractivity contribution in [3.05, 3.63) is 187 Å². The number of para-hydroxylation sites is 6. The molecule has 0 spiro atoms. The number of benzene rings is 8. The molecule has 0 fully saturated rings. The number of nitriles is 2. The van der Waals surface area contributed by atoms with Crippen LogP contribution in [0.25, 0.3) is 93.6 Å². The van der Waals surface area contributed by atoms with Gasteiger partial charge in [-0.1, -0.05) is 115 Å². The second kappa shape index (κ2) is 11.8. The van der Waals surface area contributed by atoms with Gasteiger partial charge in [-0.3, -0.25) is 0 Å². The maximum Gasteiger partial charge on any atom is 0.101 e. The minimum atomic E-state index is 0.540. The highest BCUT2D eigenvalue weighted by molar-refractivity contribution is 6.15. The average Bonchev–Trinajstić information content (AvgIpc) is 3.90. The Kier molecular flexibility index (Phi) is 6.61. The molecule has 3 aromatic heterocycles. The van der Waals surface area contributed by atoms with Gasteiger partial charge in [-0.05, 0) is 71.8 Å². The van der Waals surface area contributed by atoms with Gasteiger partial charge in [0.25, 0.3) is 0 Å². The van der Waals surface area contributed by atoms with Crippen molar-refractivity contribution in [3.63, 3.8) is 0 Å². The number of rotatable bonds is 4. The lowest BCUT2D eigenvalue weighted by Crippen LogP contribution is -2.01. The van der Waals surface area contributed by atoms with Crippen molar-refractivity contribution in [2.24, 2.45) is 0 Å². The van der Waals surface area contributed by atoms with E-state index in [1.165, 1.54) is 32.6 Å². The molecule has 0 unspecified atom stereocenters. The summed E-state index contributed by atoms with van der Waals surface area (Å²) in [6.07, 6.45) is 0. The maximum atomic E-state index is 10.3. The van der Waals surface area contributed by atoms with Gasteiger partial charge in [-0.2, -0.15) is 10.5 Å². The van der Waals surface area contributed by atoms with Crippen LogP contribution < -0.4 is 0 Å². The van der Waals surface area contributed by atoms with Crippen LogP contribution in [0.1, 0.15) is 11.1 Å². The van der Waals surface area contributed by atoms with E-state index in [0.29, 0.717) is 11.1 Å². The highest BCUT2D eigenvalue weighted by atomic mass is 15.1. The van der Waals surface area contributed by atoms with Gasteiger partial charge in [0.2, 0.25) is 0 Å². The summed E-state index contributed by atoms with van der Waals surface area (Å²) in [6.45, 7) is 0. The molecule has 0 aliphatic rings. The van der Waals surface area contributed by atoms with Crippen molar-refractivity contribution >= 4 is 65.4 Å². The summed E-state index contributed by atoms with van der Waals surface area (Å²) >= 11 is 0. The fraction of sp³-hybridized carbons (Fsp3) is 0. The van der Waals surface area contributed by atoms with Crippen LogP contribution in [0.4, 0.5) is 0 Å². The molecule has 5 heteroatoms. The fourth-order valence-electron chi connectivity index (χ4n) is 8.78. The monoisotopic (exact) mass is 699 g/mol. The van der Waals surface area contributed by atoms with Gasteiger partial charge >= 0.3 is 0 Å². The van der Waals surface area contributed by atoms with Crippen LogP contribution in [0.5, 0.6) is 0 Å². The molecule has 0 bridgehead atoms. The smallest absolute Gasteiger partial charge is 0.101 e. The third kappa shape index (κ3) is 4.39. The summed E-state index contributed by atoms with van der Waals surface area (Å²) in [7, 11) is 0. The maximum absolute atomic E-state index is 10.3. The fourth-order valence-corrected chi connectivity index (χ4v) is 8.78. The first kappa shape index (κ1) is 30.7. The number of hydrogen-bond acceptors (Lipinski definition) is 2. The van der Waals surface area contributed by atoms with Gasteiger partial charge in [0, 0.05) is 38.0 Å². The predicted molar refractivity (Wildman–Crippen MR) is 224 cm³/mol. The highest BCUT2D eigenvalue weighted by Gasteiger charge is 2.21. The molecular weight excluding hydrogens is 671 g/mol. The first-order valence-electron chi connectivity index (χ1n) is 18.3. The molecule has 0 radical (unpaired) electrons. The number of aromatic nitrogens is 3. The molecule has 0 aliphatic heterocycles. The highest BCUT2D eigenvalue weighted by Crippen LogP contribution is 2.40. The zero-order valence-electron chi connectivity index (χ0n) is 29.5. The van der Waals surface area contributed by atoms with E-state index in [9.17, 15) is 10.5 Å². The molecule has 0 saturated carbocycles. The molecule has 0 aliphatic carbocycles. The number of fused-ring (bicyclic) bond motifs is 9. The van der Waals surface area contributed by atoms with Crippen LogP contribution in [0.3, 0.4) is 0 Å². The van der Waals surface area contributed by atoms with Crippen molar-refractivity contribution in [2.75, 3.05) is 0 Å². The molecule has 3 heterocycles. The van der Waals surface area contributed by atoms with Crippen molar-refractivity contribution in [2.45, 2.75) is 0 Å². The summed E-state index contributed by atoms with van der Waals surface area (Å²) in [4.78, 5) is 0. The molecule has 0 saturated heterocycles. The molecule has 254 valence electrons. The Morgan fingerprint density at radius 3 is 1.40 bits per heavy atom. The topological polar surface area (TPSA) is 62.4 Å². The molecule has 0 N–H and O–H groups in total. The Hall–Kier alpha value is -7.86. The molecule has 0 amide bonds. The lowest BCUT2D eigenvalue weighted by molar-refractivity contribution is 1.13. The van der Waals surface area contributed by atoms with E-state index in [1.807, 2.05) is 42.5 Å². The van der Waals surface area contributed by atoms with Crippen LogP contribution in [0.15, 0.2) is 176 Å². The molecule has 8 aromatic carbocycles. The SMILES string of the molecule is N#Cc1ccc(-c2ccc(-n3c4ccccc4c4cccc(-n5c6ccccc6c6ccccc65)c43)cc2)cc1-n1c2ccccc2c2cccc(C#N)c21. The predicted octanol–water partition coefficient (Wildman–Crippen LogP) is 12.4. The largest absolute Gasteiger partial charge is 0.307 e. The molecule has 5 nitrogen and oxygen atoms in total. The van der Waals surface area contributed by atoms with Gasteiger partial charge in [-0.15, -0.1) is 0 Å². The molecule has 0 atom stereocenters. The van der Waals surface area contributed by atoms with Crippen LogP contribution in [-0.4, -0.2) is 13.7 Å². The Bertz CT molecular complexity index is 3400. The zero-order chi connectivity index (χ0) is 36.6. The molecule has 11 rings (SSSR count). The van der Waals surface area contributed by atoms with Crippen molar-refractivity contribution in [1.29, 1.82) is 10.5 Å². The third-order valence-corrected chi connectivity index (χ3v) is 11.1. The summed E-state index contributed by atoms with van der Waals surface area (Å²) in [5.41, 5.74) is 12.4. The average molecular weight is 700 g/mol. The van der Waals surface area contributed by atoms with Crippen molar-refractivity contribution in [1.82, 2.24) is 13.7 Å². The van der Waals surface area contributed by atoms with Gasteiger partial charge in [0.05, 0.1) is 55.6 Å². The van der Waals surface area contributed by atoms with Gasteiger partial charge in [-0.25, -0.2) is 0 Å². The normalized spacial score (nSPS) is 11.6. The van der Waals surface area contributed by atoms with E-state index in [-0.39, 0.29) is 0 Å². The van der Waals surface area contributed by atoms with Crippen LogP contribution in [-0.2, 0) is 0 Å². The van der Waals surface area contributed by atoms with Crippen molar-refractivity contribution < 1.29 is 0 Å². The Balaban J connectivity index is 1.11. The third-order valence-electron chi connectivity index (χ3n) is 11.1. The standard InChI is InChI=1S/C50H29N5/c51-30-34-24-23-33(29-48(34)55-46-21-8-4-14-39(46)41-16-9-11-35(31-52)49(41)55)32-25-27-36(28-26-32)53-43-18-5-3-15-40(43)42-17-10-22-47(50(42)53)54-44-19-6-1-12-37(44)38-13-2-7-20-45(38)54/h1-29H. The van der Waals surface area contributed by atoms with Gasteiger partial charge in [0.1, 0.15) is 12.1 Å².